The van der Waals surface area contributed by atoms with E-state index in [1.807, 2.05) is 11.3 Å². The number of para-hydroxylation sites is 1. The first-order chi connectivity index (χ1) is 23.2. The molecule has 4 heteroatoms. The van der Waals surface area contributed by atoms with Crippen molar-refractivity contribution in [2.24, 2.45) is 5.92 Å². The van der Waals surface area contributed by atoms with Gasteiger partial charge in [0, 0.05) is 32.0 Å². The van der Waals surface area contributed by atoms with Crippen LogP contribution in [0.5, 0.6) is 0 Å². The molecular formula is C43H29N3S. The van der Waals surface area contributed by atoms with Gasteiger partial charge in [-0.2, -0.15) is 0 Å². The lowest BCUT2D eigenvalue weighted by molar-refractivity contribution is 0.724. The molecule has 222 valence electrons. The summed E-state index contributed by atoms with van der Waals surface area (Å²) in [7, 11) is 0. The van der Waals surface area contributed by atoms with Crippen molar-refractivity contribution in [3.05, 3.63) is 144 Å². The van der Waals surface area contributed by atoms with E-state index in [9.17, 15) is 0 Å². The van der Waals surface area contributed by atoms with Gasteiger partial charge in [-0.15, -0.1) is 11.3 Å². The predicted molar refractivity (Wildman–Crippen MR) is 200 cm³/mol. The van der Waals surface area contributed by atoms with Gasteiger partial charge in [-0.1, -0.05) is 128 Å². The zero-order chi connectivity index (χ0) is 31.1. The second kappa shape index (κ2) is 10.2. The second-order valence-electron chi connectivity index (χ2n) is 12.6. The molecular weight excluding hydrogens is 591 g/mol. The topological polar surface area (TPSA) is 30.7 Å². The average molecular weight is 620 g/mol. The molecule has 6 aromatic carbocycles. The molecule has 1 aliphatic carbocycles. The van der Waals surface area contributed by atoms with Crippen LogP contribution >= 0.6 is 11.3 Å². The van der Waals surface area contributed by atoms with Crippen molar-refractivity contribution >= 4 is 71.0 Å². The van der Waals surface area contributed by atoms with E-state index in [2.05, 4.69) is 151 Å². The molecule has 47 heavy (non-hydrogen) atoms. The molecule has 0 amide bonds. The second-order valence-corrected chi connectivity index (χ2v) is 13.7. The fourth-order valence-corrected chi connectivity index (χ4v) is 8.91. The largest absolute Gasteiger partial charge is 0.276 e. The summed E-state index contributed by atoms with van der Waals surface area (Å²) >= 11 is 1.91. The Hall–Kier alpha value is -5.58. The number of fused-ring (bicyclic) bond motifs is 11. The molecule has 10 rings (SSSR count). The van der Waals surface area contributed by atoms with Crippen molar-refractivity contribution in [3.63, 3.8) is 0 Å². The van der Waals surface area contributed by atoms with Crippen molar-refractivity contribution in [2.75, 3.05) is 0 Å². The highest BCUT2D eigenvalue weighted by molar-refractivity contribution is 7.21. The number of benzene rings is 6. The van der Waals surface area contributed by atoms with E-state index in [1.54, 1.807) is 0 Å². The quantitative estimate of drug-likeness (QED) is 0.197. The maximum absolute atomic E-state index is 5.44. The Kier molecular flexibility index (Phi) is 5.78. The summed E-state index contributed by atoms with van der Waals surface area (Å²) in [6, 6.07) is 45.4. The normalized spacial score (nSPS) is 14.5. The molecule has 3 aromatic heterocycles. The van der Waals surface area contributed by atoms with Crippen LogP contribution in [0.15, 0.2) is 133 Å². The van der Waals surface area contributed by atoms with E-state index in [1.165, 1.54) is 58.7 Å². The first kappa shape index (κ1) is 26.6. The lowest BCUT2D eigenvalue weighted by Crippen LogP contribution is -2.04. The summed E-state index contributed by atoms with van der Waals surface area (Å²) in [6.07, 6.45) is 5.75. The molecule has 0 spiro atoms. The Bertz CT molecular complexity index is 2720. The SMILES string of the molecule is CC1C=Cc2sc3c(c2C1)c1ccccc1c1c2ccc(-c4ccccc4)cc2n(-c2nc(-c4ccccc4)c4ccccc4n2)c31. The smallest absolute Gasteiger partial charge is 0.235 e. The Labute approximate surface area is 276 Å². The minimum Gasteiger partial charge on any atom is -0.276 e. The summed E-state index contributed by atoms with van der Waals surface area (Å²) in [5, 5.41) is 7.50. The molecule has 0 bridgehead atoms. The number of aromatic nitrogens is 3. The standard InChI is InChI=1S/C43H29N3S/c1-26-20-23-37-34(24-26)39-31-17-9-8-16-30(31)38-33-22-21-29(27-12-4-2-5-13-27)25-36(33)46(41(38)42(39)47-37)43-44-35-19-11-10-18-32(35)40(45-43)28-14-6-3-7-15-28/h2-23,25-26H,24H2,1H3. The number of nitrogens with zero attached hydrogens (tertiary/aromatic N) is 3. The molecule has 3 heterocycles. The van der Waals surface area contributed by atoms with Gasteiger partial charge >= 0.3 is 0 Å². The van der Waals surface area contributed by atoms with Crippen molar-refractivity contribution in [2.45, 2.75) is 13.3 Å². The zero-order valence-corrected chi connectivity index (χ0v) is 26.6. The van der Waals surface area contributed by atoms with Crippen LogP contribution in [0.2, 0.25) is 0 Å². The molecule has 0 saturated heterocycles. The third-order valence-electron chi connectivity index (χ3n) is 9.74. The molecule has 0 aliphatic heterocycles. The van der Waals surface area contributed by atoms with Gasteiger partial charge in [0.25, 0.3) is 0 Å². The van der Waals surface area contributed by atoms with Crippen LogP contribution in [0.4, 0.5) is 0 Å². The van der Waals surface area contributed by atoms with E-state index >= 15 is 0 Å². The molecule has 9 aromatic rings. The molecule has 1 aliphatic rings. The van der Waals surface area contributed by atoms with Crippen molar-refractivity contribution < 1.29 is 0 Å². The molecule has 3 nitrogen and oxygen atoms in total. The number of rotatable bonds is 3. The van der Waals surface area contributed by atoms with Gasteiger partial charge in [-0.25, -0.2) is 9.97 Å². The van der Waals surface area contributed by atoms with Crippen molar-refractivity contribution in [1.29, 1.82) is 0 Å². The highest BCUT2D eigenvalue weighted by Crippen LogP contribution is 2.49. The number of hydrogen-bond acceptors (Lipinski definition) is 3. The summed E-state index contributed by atoms with van der Waals surface area (Å²) in [5.74, 6) is 1.20. The fraction of sp³-hybridized carbons (Fsp3) is 0.0698. The summed E-state index contributed by atoms with van der Waals surface area (Å²) in [4.78, 5) is 12.1. The molecule has 0 saturated carbocycles. The predicted octanol–water partition coefficient (Wildman–Crippen LogP) is 11.6. The number of allylic oxidation sites excluding steroid dienone is 1. The van der Waals surface area contributed by atoms with Crippen LogP contribution in [-0.2, 0) is 6.42 Å². The van der Waals surface area contributed by atoms with Crippen LogP contribution in [0.25, 0.3) is 88.0 Å². The Morgan fingerprint density at radius 1 is 0.638 bits per heavy atom. The summed E-state index contributed by atoms with van der Waals surface area (Å²) in [6.45, 7) is 2.32. The highest BCUT2D eigenvalue weighted by Gasteiger charge is 2.26. The van der Waals surface area contributed by atoms with Crippen LogP contribution in [0, 0.1) is 5.92 Å². The number of hydrogen-bond donors (Lipinski definition) is 0. The zero-order valence-electron chi connectivity index (χ0n) is 25.8. The van der Waals surface area contributed by atoms with Crippen molar-refractivity contribution in [1.82, 2.24) is 14.5 Å². The van der Waals surface area contributed by atoms with Gasteiger partial charge in [-0.3, -0.25) is 4.57 Å². The Morgan fingerprint density at radius 3 is 2.11 bits per heavy atom. The lowest BCUT2D eigenvalue weighted by atomic mass is 9.90. The molecule has 1 unspecified atom stereocenters. The number of thiophene rings is 1. The highest BCUT2D eigenvalue weighted by atomic mass is 32.1. The van der Waals surface area contributed by atoms with Crippen LogP contribution in [0.3, 0.4) is 0 Å². The molecule has 0 radical (unpaired) electrons. The first-order valence-corrected chi connectivity index (χ1v) is 17.0. The third kappa shape index (κ3) is 3.98. The summed E-state index contributed by atoms with van der Waals surface area (Å²) < 4.78 is 3.66. The maximum atomic E-state index is 5.44. The van der Waals surface area contributed by atoms with E-state index in [0.29, 0.717) is 11.9 Å². The minimum atomic E-state index is 0.506. The molecule has 0 N–H and O–H groups in total. The van der Waals surface area contributed by atoms with Crippen molar-refractivity contribution in [3.8, 4) is 28.3 Å². The van der Waals surface area contributed by atoms with Gasteiger partial charge in [0.15, 0.2) is 0 Å². The fourth-order valence-electron chi connectivity index (χ4n) is 7.61. The first-order valence-electron chi connectivity index (χ1n) is 16.2. The van der Waals surface area contributed by atoms with Crippen LogP contribution < -0.4 is 0 Å². The average Bonchev–Trinajstić information content (AvgIpc) is 3.68. The summed E-state index contributed by atoms with van der Waals surface area (Å²) in [5.41, 5.74) is 9.09. The van der Waals surface area contributed by atoms with E-state index in [0.717, 1.165) is 34.1 Å². The van der Waals surface area contributed by atoms with Gasteiger partial charge in [-0.05, 0) is 58.0 Å². The van der Waals surface area contributed by atoms with E-state index in [-0.39, 0.29) is 0 Å². The van der Waals surface area contributed by atoms with E-state index < -0.39 is 0 Å². The maximum Gasteiger partial charge on any atom is 0.235 e. The van der Waals surface area contributed by atoms with Gasteiger partial charge < -0.3 is 0 Å². The Balaban J connectivity index is 1.42. The van der Waals surface area contributed by atoms with Gasteiger partial charge in [0.2, 0.25) is 5.95 Å². The van der Waals surface area contributed by atoms with Crippen LogP contribution in [0.1, 0.15) is 17.4 Å². The third-order valence-corrected chi connectivity index (χ3v) is 10.9. The van der Waals surface area contributed by atoms with Gasteiger partial charge in [0.1, 0.15) is 0 Å². The lowest BCUT2D eigenvalue weighted by Gasteiger charge is -2.14. The molecule has 1 atom stereocenters. The Morgan fingerprint density at radius 2 is 1.32 bits per heavy atom. The van der Waals surface area contributed by atoms with Gasteiger partial charge in [0.05, 0.1) is 26.9 Å². The van der Waals surface area contributed by atoms with Crippen LogP contribution in [-0.4, -0.2) is 14.5 Å². The monoisotopic (exact) mass is 619 g/mol. The minimum absolute atomic E-state index is 0.506. The molecule has 0 fully saturated rings. The van der Waals surface area contributed by atoms with E-state index in [4.69, 9.17) is 9.97 Å².